The Labute approximate surface area is 97.7 Å². The number of hydrogen-bond donors (Lipinski definition) is 3. The molecule has 0 saturated heterocycles. The molecule has 5 heteroatoms. The van der Waals surface area contributed by atoms with Crippen LogP contribution in [0.3, 0.4) is 0 Å². The number of fused-ring (bicyclic) bond motifs is 1. The van der Waals surface area contributed by atoms with Crippen molar-refractivity contribution in [1.82, 2.24) is 4.98 Å². The molecule has 0 aliphatic carbocycles. The summed E-state index contributed by atoms with van der Waals surface area (Å²) < 4.78 is 0. The predicted molar refractivity (Wildman–Crippen MR) is 64.3 cm³/mol. The summed E-state index contributed by atoms with van der Waals surface area (Å²) in [5.74, 6) is -0.586. The first-order valence-corrected chi connectivity index (χ1v) is 5.20. The molecule has 1 heterocycles. The molecular weight excluding hydrogens is 220 g/mol. The smallest absolute Gasteiger partial charge is 0.354 e. The molecule has 1 aromatic heterocycles. The molecule has 0 spiro atoms. The number of rotatable bonds is 4. The topological polar surface area (TPSA) is 82.5 Å². The number of aromatic carboxylic acids is 1. The molecule has 1 aromatic carbocycles. The van der Waals surface area contributed by atoms with Gasteiger partial charge in [0.25, 0.3) is 0 Å². The van der Waals surface area contributed by atoms with Gasteiger partial charge in [-0.1, -0.05) is 24.3 Å². The lowest BCUT2D eigenvalue weighted by Crippen LogP contribution is -2.10. The van der Waals surface area contributed by atoms with Gasteiger partial charge in [0.05, 0.1) is 6.61 Å². The standard InChI is InChI=1S/C12H12N2O3/c15-6-5-13-11-9-4-2-1-3-8(9)7-10(14-11)12(16)17/h1-4,7,15H,5-6H2,(H,13,14)(H,16,17). The normalized spacial score (nSPS) is 10.4. The number of nitrogens with one attached hydrogen (secondary N) is 1. The Kier molecular flexibility index (Phi) is 3.20. The van der Waals surface area contributed by atoms with Crippen LogP contribution in [-0.2, 0) is 0 Å². The summed E-state index contributed by atoms with van der Waals surface area (Å²) in [4.78, 5) is 14.9. The van der Waals surface area contributed by atoms with Gasteiger partial charge in [0.15, 0.2) is 5.69 Å². The molecule has 17 heavy (non-hydrogen) atoms. The zero-order valence-corrected chi connectivity index (χ0v) is 9.05. The number of benzene rings is 1. The monoisotopic (exact) mass is 232 g/mol. The number of aliphatic hydroxyl groups excluding tert-OH is 1. The highest BCUT2D eigenvalue weighted by Gasteiger charge is 2.10. The van der Waals surface area contributed by atoms with E-state index in [0.717, 1.165) is 10.8 Å². The largest absolute Gasteiger partial charge is 0.477 e. The van der Waals surface area contributed by atoms with E-state index in [2.05, 4.69) is 10.3 Å². The third-order valence-electron chi connectivity index (χ3n) is 2.36. The average Bonchev–Trinajstić information content (AvgIpc) is 2.35. The van der Waals surface area contributed by atoms with Crippen molar-refractivity contribution < 1.29 is 15.0 Å². The van der Waals surface area contributed by atoms with Gasteiger partial charge in [0, 0.05) is 11.9 Å². The van der Waals surface area contributed by atoms with Crippen molar-refractivity contribution in [3.63, 3.8) is 0 Å². The highest BCUT2D eigenvalue weighted by atomic mass is 16.4. The second-order valence-corrected chi connectivity index (χ2v) is 3.53. The van der Waals surface area contributed by atoms with E-state index in [0.29, 0.717) is 12.4 Å². The molecule has 88 valence electrons. The minimum atomic E-state index is -1.07. The highest BCUT2D eigenvalue weighted by Crippen LogP contribution is 2.22. The maximum Gasteiger partial charge on any atom is 0.354 e. The van der Waals surface area contributed by atoms with E-state index in [1.807, 2.05) is 24.3 Å². The number of aromatic nitrogens is 1. The number of hydrogen-bond acceptors (Lipinski definition) is 4. The maximum atomic E-state index is 10.9. The molecule has 0 aliphatic rings. The molecular formula is C12H12N2O3. The summed E-state index contributed by atoms with van der Waals surface area (Å²) in [6, 6.07) is 8.90. The number of nitrogens with zero attached hydrogens (tertiary/aromatic N) is 1. The zero-order chi connectivity index (χ0) is 12.3. The summed E-state index contributed by atoms with van der Waals surface area (Å²) >= 11 is 0. The second kappa shape index (κ2) is 4.80. The van der Waals surface area contributed by atoms with Crippen LogP contribution in [0.5, 0.6) is 0 Å². The van der Waals surface area contributed by atoms with Crippen molar-refractivity contribution in [1.29, 1.82) is 0 Å². The van der Waals surface area contributed by atoms with Crippen LogP contribution in [0.2, 0.25) is 0 Å². The third-order valence-corrected chi connectivity index (χ3v) is 2.36. The lowest BCUT2D eigenvalue weighted by atomic mass is 10.1. The molecule has 0 unspecified atom stereocenters. The van der Waals surface area contributed by atoms with Crippen molar-refractivity contribution in [3.8, 4) is 0 Å². The van der Waals surface area contributed by atoms with E-state index < -0.39 is 5.97 Å². The van der Waals surface area contributed by atoms with Gasteiger partial charge in [-0.25, -0.2) is 9.78 Å². The van der Waals surface area contributed by atoms with E-state index in [-0.39, 0.29) is 12.3 Å². The summed E-state index contributed by atoms with van der Waals surface area (Å²) in [6.07, 6.45) is 0. The minimum Gasteiger partial charge on any atom is -0.477 e. The van der Waals surface area contributed by atoms with Crippen LogP contribution in [0.15, 0.2) is 30.3 Å². The molecule has 0 bridgehead atoms. The first kappa shape index (κ1) is 11.3. The van der Waals surface area contributed by atoms with E-state index in [1.165, 1.54) is 6.07 Å². The summed E-state index contributed by atoms with van der Waals surface area (Å²) in [6.45, 7) is 0.299. The van der Waals surface area contributed by atoms with Gasteiger partial charge in [-0.3, -0.25) is 0 Å². The van der Waals surface area contributed by atoms with Gasteiger partial charge in [-0.15, -0.1) is 0 Å². The van der Waals surface area contributed by atoms with Gasteiger partial charge >= 0.3 is 5.97 Å². The Morgan fingerprint density at radius 1 is 1.35 bits per heavy atom. The van der Waals surface area contributed by atoms with Gasteiger partial charge in [-0.05, 0) is 11.5 Å². The fraction of sp³-hybridized carbons (Fsp3) is 0.167. The van der Waals surface area contributed by atoms with Crippen LogP contribution in [0.4, 0.5) is 5.82 Å². The quantitative estimate of drug-likeness (QED) is 0.741. The Bertz CT molecular complexity index is 554. The predicted octanol–water partition coefficient (Wildman–Crippen LogP) is 1.34. The van der Waals surface area contributed by atoms with Gasteiger partial charge < -0.3 is 15.5 Å². The fourth-order valence-electron chi connectivity index (χ4n) is 1.62. The average molecular weight is 232 g/mol. The molecule has 0 atom stereocenters. The molecule has 0 fully saturated rings. The van der Waals surface area contributed by atoms with Crippen LogP contribution < -0.4 is 5.32 Å². The number of aliphatic hydroxyl groups is 1. The fourth-order valence-corrected chi connectivity index (χ4v) is 1.62. The number of carboxylic acids is 1. The molecule has 5 nitrogen and oxygen atoms in total. The Morgan fingerprint density at radius 2 is 2.12 bits per heavy atom. The molecule has 0 radical (unpaired) electrons. The van der Waals surface area contributed by atoms with Crippen LogP contribution >= 0.6 is 0 Å². The summed E-state index contributed by atoms with van der Waals surface area (Å²) in [5.41, 5.74) is -0.0101. The van der Waals surface area contributed by atoms with E-state index in [1.54, 1.807) is 0 Å². The Morgan fingerprint density at radius 3 is 2.82 bits per heavy atom. The zero-order valence-electron chi connectivity index (χ0n) is 9.05. The SMILES string of the molecule is O=C(O)c1cc2ccccc2c(NCCO)n1. The number of pyridine rings is 1. The Hall–Kier alpha value is -2.14. The lowest BCUT2D eigenvalue weighted by Gasteiger charge is -2.08. The van der Waals surface area contributed by atoms with Gasteiger partial charge in [0.2, 0.25) is 0 Å². The molecule has 2 rings (SSSR count). The summed E-state index contributed by atoms with van der Waals surface area (Å²) in [7, 11) is 0. The van der Waals surface area contributed by atoms with E-state index >= 15 is 0 Å². The maximum absolute atomic E-state index is 10.9. The molecule has 0 aliphatic heterocycles. The van der Waals surface area contributed by atoms with Gasteiger partial charge in [0.1, 0.15) is 5.82 Å². The summed E-state index contributed by atoms with van der Waals surface area (Å²) in [5, 5.41) is 22.3. The van der Waals surface area contributed by atoms with Crippen LogP contribution in [0, 0.1) is 0 Å². The van der Waals surface area contributed by atoms with Gasteiger partial charge in [-0.2, -0.15) is 0 Å². The molecule has 0 saturated carbocycles. The van der Waals surface area contributed by atoms with Crippen molar-refractivity contribution in [2.45, 2.75) is 0 Å². The van der Waals surface area contributed by atoms with Crippen molar-refractivity contribution >= 4 is 22.6 Å². The second-order valence-electron chi connectivity index (χ2n) is 3.53. The first-order valence-electron chi connectivity index (χ1n) is 5.20. The lowest BCUT2D eigenvalue weighted by molar-refractivity contribution is 0.0691. The Balaban J connectivity index is 2.56. The minimum absolute atomic E-state index is 0.0101. The van der Waals surface area contributed by atoms with Crippen molar-refractivity contribution in [2.75, 3.05) is 18.5 Å². The highest BCUT2D eigenvalue weighted by molar-refractivity contribution is 5.97. The van der Waals surface area contributed by atoms with Crippen LogP contribution in [0.25, 0.3) is 10.8 Å². The molecule has 0 amide bonds. The number of carboxylic acid groups (broad SMARTS) is 1. The number of anilines is 1. The van der Waals surface area contributed by atoms with Crippen molar-refractivity contribution in [2.24, 2.45) is 0 Å². The van der Waals surface area contributed by atoms with E-state index in [9.17, 15) is 4.79 Å². The van der Waals surface area contributed by atoms with Crippen LogP contribution in [0.1, 0.15) is 10.5 Å². The third kappa shape index (κ3) is 2.34. The van der Waals surface area contributed by atoms with E-state index in [4.69, 9.17) is 10.2 Å². The van der Waals surface area contributed by atoms with Crippen molar-refractivity contribution in [3.05, 3.63) is 36.0 Å². The molecule has 2 aromatic rings. The molecule has 3 N–H and O–H groups in total. The number of carbonyl (C=O) groups is 1. The first-order chi connectivity index (χ1) is 8.22. The van der Waals surface area contributed by atoms with Crippen LogP contribution in [-0.4, -0.2) is 34.3 Å².